The Hall–Kier alpha value is -3.78. The van der Waals surface area contributed by atoms with Crippen molar-refractivity contribution in [2.75, 3.05) is 17.2 Å². The van der Waals surface area contributed by atoms with Crippen molar-refractivity contribution in [3.05, 3.63) is 71.9 Å². The van der Waals surface area contributed by atoms with Gasteiger partial charge in [-0.2, -0.15) is 0 Å². The maximum absolute atomic E-state index is 15.6. The molecule has 0 bridgehead atoms. The Morgan fingerprint density at radius 2 is 1.90 bits per heavy atom. The van der Waals surface area contributed by atoms with Crippen LogP contribution in [0.5, 0.6) is 0 Å². The summed E-state index contributed by atoms with van der Waals surface area (Å²) in [6.45, 7) is 0.385. The Labute approximate surface area is 178 Å². The second kappa shape index (κ2) is 7.17. The van der Waals surface area contributed by atoms with Gasteiger partial charge in [-0.25, -0.2) is 14.4 Å². The minimum absolute atomic E-state index is 0.250. The van der Waals surface area contributed by atoms with Gasteiger partial charge in [0.15, 0.2) is 0 Å². The number of amides is 1. The van der Waals surface area contributed by atoms with Gasteiger partial charge in [-0.15, -0.1) is 0 Å². The van der Waals surface area contributed by atoms with Gasteiger partial charge in [0.2, 0.25) is 5.91 Å². The summed E-state index contributed by atoms with van der Waals surface area (Å²) in [4.78, 5) is 22.9. The van der Waals surface area contributed by atoms with Crippen molar-refractivity contribution < 1.29 is 9.18 Å². The molecule has 0 saturated carbocycles. The van der Waals surface area contributed by atoms with Crippen molar-refractivity contribution in [1.29, 1.82) is 0 Å². The van der Waals surface area contributed by atoms with Crippen LogP contribution < -0.4 is 16.4 Å². The maximum atomic E-state index is 15.6. The van der Waals surface area contributed by atoms with E-state index in [4.69, 9.17) is 11.5 Å². The summed E-state index contributed by atoms with van der Waals surface area (Å²) in [6.07, 6.45) is 3.60. The third-order valence-corrected chi connectivity index (χ3v) is 5.86. The Bertz CT molecular complexity index is 1320. The number of nitrogens with zero attached hydrogens (tertiary/aromatic N) is 4. The zero-order valence-electron chi connectivity index (χ0n) is 16.9. The van der Waals surface area contributed by atoms with Crippen LogP contribution in [-0.2, 0) is 18.3 Å². The molecular formula is C23H21FN6O. The van der Waals surface area contributed by atoms with Crippen LogP contribution in [0, 0.1) is 5.82 Å². The molecule has 0 radical (unpaired) electrons. The number of nitrogen functional groups attached to an aromatic ring is 1. The Morgan fingerprint density at radius 1 is 1.13 bits per heavy atom. The number of carbonyl (C=O) groups is 1. The molecule has 2 aromatic heterocycles. The molecule has 1 aliphatic rings. The lowest BCUT2D eigenvalue weighted by atomic mass is 10.0. The fourth-order valence-corrected chi connectivity index (χ4v) is 4.29. The van der Waals surface area contributed by atoms with Crippen molar-refractivity contribution in [2.24, 2.45) is 12.8 Å². The van der Waals surface area contributed by atoms with Crippen LogP contribution in [0.1, 0.15) is 17.2 Å². The lowest BCUT2D eigenvalue weighted by molar-refractivity contribution is -0.119. The number of aryl methyl sites for hydroxylation is 1. The van der Waals surface area contributed by atoms with Gasteiger partial charge in [-0.3, -0.25) is 4.79 Å². The average Bonchev–Trinajstić information content (AvgIpc) is 3.36. The molecule has 0 saturated heterocycles. The van der Waals surface area contributed by atoms with Gasteiger partial charge in [0.05, 0.1) is 5.39 Å². The van der Waals surface area contributed by atoms with E-state index in [0.29, 0.717) is 52.2 Å². The molecule has 0 aliphatic carbocycles. The number of hydrogen-bond donors (Lipinski definition) is 2. The van der Waals surface area contributed by atoms with E-state index in [2.05, 4.69) is 9.97 Å². The average molecular weight is 416 g/mol. The van der Waals surface area contributed by atoms with Crippen molar-refractivity contribution in [2.45, 2.75) is 12.5 Å². The van der Waals surface area contributed by atoms with Crippen LogP contribution >= 0.6 is 0 Å². The van der Waals surface area contributed by atoms with E-state index in [1.165, 1.54) is 6.33 Å². The van der Waals surface area contributed by atoms with Gasteiger partial charge >= 0.3 is 0 Å². The van der Waals surface area contributed by atoms with Crippen LogP contribution in [0.2, 0.25) is 0 Å². The number of rotatable bonds is 3. The number of halogens is 1. The van der Waals surface area contributed by atoms with Gasteiger partial charge in [0, 0.05) is 42.2 Å². The fourth-order valence-electron chi connectivity index (χ4n) is 4.29. The predicted molar refractivity (Wildman–Crippen MR) is 118 cm³/mol. The summed E-state index contributed by atoms with van der Waals surface area (Å²) in [7, 11) is 1.83. The maximum Gasteiger partial charge on any atom is 0.248 e. The smallest absolute Gasteiger partial charge is 0.248 e. The molecule has 2 aromatic carbocycles. The van der Waals surface area contributed by atoms with Gasteiger partial charge in [0.25, 0.3) is 0 Å². The van der Waals surface area contributed by atoms with E-state index in [1.54, 1.807) is 27.8 Å². The van der Waals surface area contributed by atoms with Gasteiger partial charge in [0.1, 0.15) is 29.7 Å². The largest absolute Gasteiger partial charge is 0.383 e. The molecule has 0 spiro atoms. The van der Waals surface area contributed by atoms with Gasteiger partial charge in [-0.05, 0) is 24.1 Å². The zero-order chi connectivity index (χ0) is 21.7. The number of nitrogens with two attached hydrogens (primary N) is 2. The molecule has 1 aliphatic heterocycles. The van der Waals surface area contributed by atoms with E-state index in [0.717, 1.165) is 5.56 Å². The van der Waals surface area contributed by atoms with Crippen LogP contribution in [0.15, 0.2) is 55.0 Å². The van der Waals surface area contributed by atoms with Gasteiger partial charge in [-0.1, -0.05) is 30.3 Å². The summed E-state index contributed by atoms with van der Waals surface area (Å²) in [6, 6.07) is 11.8. The number of hydrogen-bond acceptors (Lipinski definition) is 5. The number of anilines is 2. The first-order valence-corrected chi connectivity index (χ1v) is 9.96. The molecule has 4 N–H and O–H groups in total. The van der Waals surface area contributed by atoms with Gasteiger partial charge < -0.3 is 20.9 Å². The number of carbonyl (C=O) groups excluding carboxylic acids is 1. The van der Waals surface area contributed by atoms with Crippen LogP contribution in [0.3, 0.4) is 0 Å². The van der Waals surface area contributed by atoms with Crippen LogP contribution in [0.4, 0.5) is 15.9 Å². The highest BCUT2D eigenvalue weighted by Crippen LogP contribution is 2.40. The van der Waals surface area contributed by atoms with E-state index in [1.807, 2.05) is 37.4 Å². The third kappa shape index (κ3) is 2.95. The Morgan fingerprint density at radius 3 is 2.68 bits per heavy atom. The molecule has 0 fully saturated rings. The first-order chi connectivity index (χ1) is 15.0. The molecule has 5 rings (SSSR count). The lowest BCUT2D eigenvalue weighted by Crippen LogP contribution is -2.37. The van der Waals surface area contributed by atoms with Crippen molar-refractivity contribution in [3.8, 4) is 11.1 Å². The summed E-state index contributed by atoms with van der Waals surface area (Å²) in [5.74, 6) is -0.317. The predicted octanol–water partition coefficient (Wildman–Crippen LogP) is 2.95. The number of benzene rings is 2. The third-order valence-electron chi connectivity index (χ3n) is 5.86. The van der Waals surface area contributed by atoms with Crippen LogP contribution in [-0.4, -0.2) is 27.0 Å². The van der Waals surface area contributed by atoms with Crippen molar-refractivity contribution in [3.63, 3.8) is 0 Å². The monoisotopic (exact) mass is 416 g/mol. The molecular weight excluding hydrogens is 395 g/mol. The van der Waals surface area contributed by atoms with E-state index < -0.39 is 6.04 Å². The quantitative estimate of drug-likeness (QED) is 0.535. The molecule has 7 nitrogen and oxygen atoms in total. The highest BCUT2D eigenvalue weighted by Gasteiger charge is 2.32. The molecule has 1 amide bonds. The standard InChI is InChI=1S/C23H21FN6O/c1-29-11-16(18-21(26)27-12-28-22(18)29)14-7-8-17-15(19(14)24)9-10-30(17)23(31)20(25)13-5-3-2-4-6-13/h2-8,11-12,20H,9-10,25H2,1H3,(H2,26,27,28)/t20-/m0/s1. The summed E-state index contributed by atoms with van der Waals surface area (Å²) < 4.78 is 17.4. The first kappa shape index (κ1) is 19.2. The number of fused-ring (bicyclic) bond motifs is 2. The first-order valence-electron chi connectivity index (χ1n) is 9.96. The second-order valence-electron chi connectivity index (χ2n) is 7.66. The number of aromatic nitrogens is 3. The molecule has 1 atom stereocenters. The minimum atomic E-state index is -0.801. The molecule has 0 unspecified atom stereocenters. The molecule has 3 heterocycles. The van der Waals surface area contributed by atoms with E-state index in [-0.39, 0.29) is 11.7 Å². The summed E-state index contributed by atoms with van der Waals surface area (Å²) >= 11 is 0. The summed E-state index contributed by atoms with van der Waals surface area (Å²) in [5, 5.41) is 0.612. The normalized spacial score (nSPS) is 14.1. The zero-order valence-corrected chi connectivity index (χ0v) is 16.9. The Kier molecular flexibility index (Phi) is 4.44. The highest BCUT2D eigenvalue weighted by molar-refractivity contribution is 6.02. The minimum Gasteiger partial charge on any atom is -0.383 e. The Balaban J connectivity index is 1.55. The molecule has 8 heteroatoms. The van der Waals surface area contributed by atoms with Crippen molar-refractivity contribution >= 4 is 28.4 Å². The van der Waals surface area contributed by atoms with E-state index in [9.17, 15) is 4.79 Å². The van der Waals surface area contributed by atoms with E-state index >= 15 is 4.39 Å². The fraction of sp³-hybridized carbons (Fsp3) is 0.174. The molecule has 4 aromatic rings. The highest BCUT2D eigenvalue weighted by atomic mass is 19.1. The molecule has 31 heavy (non-hydrogen) atoms. The second-order valence-corrected chi connectivity index (χ2v) is 7.66. The SMILES string of the molecule is Cn1cc(-c2ccc3c(c2F)CCN3C(=O)[C@@H](N)c2ccccc2)c2c(N)ncnc21. The lowest BCUT2D eigenvalue weighted by Gasteiger charge is -2.22. The van der Waals surface area contributed by atoms with Crippen molar-refractivity contribution in [1.82, 2.24) is 14.5 Å². The summed E-state index contributed by atoms with van der Waals surface area (Å²) in [5.41, 5.74) is 15.7. The topological polar surface area (TPSA) is 103 Å². The van der Waals surface area contributed by atoms with Crippen LogP contribution in [0.25, 0.3) is 22.2 Å². The molecule has 156 valence electrons.